The quantitative estimate of drug-likeness (QED) is 0.926. The van der Waals surface area contributed by atoms with E-state index in [1.54, 1.807) is 28.4 Å². The van der Waals surface area contributed by atoms with E-state index in [4.69, 9.17) is 18.9 Å². The highest BCUT2D eigenvalue weighted by atomic mass is 16.5. The summed E-state index contributed by atoms with van der Waals surface area (Å²) in [6.45, 7) is 0.898. The van der Waals surface area contributed by atoms with Gasteiger partial charge in [-0.2, -0.15) is 0 Å². The van der Waals surface area contributed by atoms with Gasteiger partial charge in [-0.3, -0.25) is 0 Å². The molecule has 0 amide bonds. The maximum Gasteiger partial charge on any atom is 0.164 e. The first-order valence-electron chi connectivity index (χ1n) is 8.44. The van der Waals surface area contributed by atoms with Crippen LogP contribution in [0.1, 0.15) is 34.2 Å². The summed E-state index contributed by atoms with van der Waals surface area (Å²) < 4.78 is 22.2. The van der Waals surface area contributed by atoms with Gasteiger partial charge in [-0.25, -0.2) is 0 Å². The summed E-state index contributed by atoms with van der Waals surface area (Å²) in [6, 6.07) is 8.60. The highest BCUT2D eigenvalue weighted by molar-refractivity contribution is 5.60. The number of benzene rings is 2. The second-order valence-corrected chi connectivity index (χ2v) is 6.42. The second-order valence-electron chi connectivity index (χ2n) is 6.42. The van der Waals surface area contributed by atoms with Crippen molar-refractivity contribution in [2.45, 2.75) is 18.4 Å². The van der Waals surface area contributed by atoms with Crippen molar-refractivity contribution in [3.8, 4) is 23.0 Å². The van der Waals surface area contributed by atoms with Crippen molar-refractivity contribution < 1.29 is 18.9 Å². The van der Waals surface area contributed by atoms with Gasteiger partial charge in [0, 0.05) is 24.1 Å². The van der Waals surface area contributed by atoms with Crippen molar-refractivity contribution >= 4 is 0 Å². The van der Waals surface area contributed by atoms with E-state index in [9.17, 15) is 0 Å². The van der Waals surface area contributed by atoms with Gasteiger partial charge >= 0.3 is 0 Å². The Hall–Kier alpha value is -2.40. The fourth-order valence-electron chi connectivity index (χ4n) is 4.20. The summed E-state index contributed by atoms with van der Waals surface area (Å²) in [6.07, 6.45) is 0.856. The first kappa shape index (κ1) is 16.1. The number of ether oxygens (including phenoxy) is 4. The highest BCUT2D eigenvalue weighted by Crippen LogP contribution is 2.49. The predicted octanol–water partition coefficient (Wildman–Crippen LogP) is 3.05. The molecule has 5 heteroatoms. The monoisotopic (exact) mass is 341 g/mol. The zero-order valence-electron chi connectivity index (χ0n) is 15.0. The van der Waals surface area contributed by atoms with Crippen molar-refractivity contribution in [3.63, 3.8) is 0 Å². The van der Waals surface area contributed by atoms with Crippen molar-refractivity contribution in [1.29, 1.82) is 0 Å². The smallest absolute Gasteiger partial charge is 0.164 e. The lowest BCUT2D eigenvalue weighted by Gasteiger charge is -2.30. The van der Waals surface area contributed by atoms with Crippen molar-refractivity contribution in [3.05, 3.63) is 46.5 Å². The third-order valence-corrected chi connectivity index (χ3v) is 5.38. The SMILES string of the molecule is COc1cc2c(cc1OC)[C@@H]1Cc3c(ccc(OC)c3OC)[C@H]2CN1. The predicted molar refractivity (Wildman–Crippen MR) is 95.4 cm³/mol. The summed E-state index contributed by atoms with van der Waals surface area (Å²) >= 11 is 0. The van der Waals surface area contributed by atoms with Crippen LogP contribution in [0.2, 0.25) is 0 Å². The van der Waals surface area contributed by atoms with Crippen molar-refractivity contribution in [2.24, 2.45) is 0 Å². The van der Waals surface area contributed by atoms with Gasteiger partial charge in [0.25, 0.3) is 0 Å². The molecule has 5 nitrogen and oxygen atoms in total. The fraction of sp³-hybridized carbons (Fsp3) is 0.400. The van der Waals surface area contributed by atoms with Crippen molar-refractivity contribution in [1.82, 2.24) is 5.32 Å². The number of nitrogens with one attached hydrogen (secondary N) is 1. The van der Waals surface area contributed by atoms with E-state index in [-0.39, 0.29) is 12.0 Å². The summed E-state index contributed by atoms with van der Waals surface area (Å²) in [4.78, 5) is 0. The molecule has 5 rings (SSSR count). The Labute approximate surface area is 147 Å². The molecule has 0 aromatic heterocycles. The minimum atomic E-state index is 0.216. The topological polar surface area (TPSA) is 49.0 Å². The molecule has 0 unspecified atom stereocenters. The van der Waals surface area contributed by atoms with Crippen LogP contribution in [0.4, 0.5) is 0 Å². The lowest BCUT2D eigenvalue weighted by atomic mass is 9.85. The largest absolute Gasteiger partial charge is 0.493 e. The molecule has 0 fully saturated rings. The van der Waals surface area contributed by atoms with E-state index >= 15 is 0 Å². The van der Waals surface area contributed by atoms with Crippen LogP contribution in [-0.2, 0) is 6.42 Å². The molecule has 25 heavy (non-hydrogen) atoms. The molecule has 0 radical (unpaired) electrons. The summed E-state index contributed by atoms with van der Waals surface area (Å²) in [5, 5.41) is 3.67. The average Bonchev–Trinajstić information content (AvgIpc) is 2.92. The van der Waals surface area contributed by atoms with E-state index in [1.807, 2.05) is 6.07 Å². The highest BCUT2D eigenvalue weighted by Gasteiger charge is 2.36. The van der Waals surface area contributed by atoms with Crippen LogP contribution in [0, 0.1) is 0 Å². The van der Waals surface area contributed by atoms with Gasteiger partial charge in [0.2, 0.25) is 0 Å². The van der Waals surface area contributed by atoms with E-state index in [0.717, 1.165) is 36.0 Å². The third-order valence-electron chi connectivity index (χ3n) is 5.38. The standard InChI is InChI=1S/C20H23NO4/c1-22-17-6-5-11-14(20(17)25-4)7-16-13-9-19(24-3)18(23-2)8-12(13)15(11)10-21-16/h5-6,8-9,15-16,21H,7,10H2,1-4H3/t15-,16+/m1/s1. The number of methoxy groups -OCH3 is 4. The lowest BCUT2D eigenvalue weighted by Crippen LogP contribution is -2.31. The molecule has 0 saturated carbocycles. The van der Waals surface area contributed by atoms with Crippen LogP contribution in [0.5, 0.6) is 23.0 Å². The maximum atomic E-state index is 5.70. The van der Waals surface area contributed by atoms with Crippen LogP contribution >= 0.6 is 0 Å². The first-order chi connectivity index (χ1) is 12.2. The Morgan fingerprint density at radius 2 is 1.48 bits per heavy atom. The molecule has 0 spiro atoms. The average molecular weight is 341 g/mol. The summed E-state index contributed by atoms with van der Waals surface area (Å²) in [5.74, 6) is 3.41. The van der Waals surface area contributed by atoms with E-state index in [1.165, 1.54) is 22.3 Å². The van der Waals surface area contributed by atoms with Crippen LogP contribution in [0.25, 0.3) is 0 Å². The van der Waals surface area contributed by atoms with Crippen LogP contribution in [-0.4, -0.2) is 35.0 Å². The molecule has 1 N–H and O–H groups in total. The zero-order valence-corrected chi connectivity index (χ0v) is 15.0. The molecule has 2 aromatic rings. The lowest BCUT2D eigenvalue weighted by molar-refractivity contribution is 0.349. The van der Waals surface area contributed by atoms with Gasteiger partial charge in [0.1, 0.15) is 0 Å². The molecule has 2 atom stereocenters. The molecule has 2 bridgehead atoms. The molecule has 2 heterocycles. The fourth-order valence-corrected chi connectivity index (χ4v) is 4.20. The van der Waals surface area contributed by atoms with Crippen LogP contribution < -0.4 is 24.3 Å². The summed E-state index contributed by atoms with van der Waals surface area (Å²) in [5.41, 5.74) is 5.08. The number of hydrogen-bond donors (Lipinski definition) is 1. The normalized spacial score (nSPS) is 20.3. The summed E-state index contributed by atoms with van der Waals surface area (Å²) in [7, 11) is 6.74. The van der Waals surface area contributed by atoms with Gasteiger partial charge in [0.05, 0.1) is 28.4 Å². The maximum absolute atomic E-state index is 5.70. The Bertz CT molecular complexity index is 818. The Balaban J connectivity index is 1.93. The van der Waals surface area contributed by atoms with Crippen LogP contribution in [0.15, 0.2) is 24.3 Å². The molecule has 3 aliphatic rings. The molecular weight excluding hydrogens is 318 g/mol. The van der Waals surface area contributed by atoms with Gasteiger partial charge in [-0.1, -0.05) is 6.07 Å². The third kappa shape index (κ3) is 2.34. The number of hydrogen-bond acceptors (Lipinski definition) is 5. The first-order valence-corrected chi connectivity index (χ1v) is 8.44. The minimum absolute atomic E-state index is 0.216. The zero-order chi connectivity index (χ0) is 17.6. The van der Waals surface area contributed by atoms with E-state index in [2.05, 4.69) is 23.5 Å². The van der Waals surface area contributed by atoms with Gasteiger partial charge in [-0.05, 0) is 41.3 Å². The van der Waals surface area contributed by atoms with Gasteiger partial charge in [-0.15, -0.1) is 0 Å². The van der Waals surface area contributed by atoms with E-state index in [0.29, 0.717) is 0 Å². The van der Waals surface area contributed by atoms with Gasteiger partial charge in [0.15, 0.2) is 23.0 Å². The molecule has 2 aliphatic heterocycles. The van der Waals surface area contributed by atoms with Crippen molar-refractivity contribution in [2.75, 3.05) is 35.0 Å². The number of rotatable bonds is 4. The molecule has 2 aromatic carbocycles. The Morgan fingerprint density at radius 3 is 2.12 bits per heavy atom. The number of fused-ring (bicyclic) bond motifs is 1. The Morgan fingerprint density at radius 1 is 0.800 bits per heavy atom. The minimum Gasteiger partial charge on any atom is -0.493 e. The molecule has 132 valence electrons. The molecule has 0 saturated heterocycles. The van der Waals surface area contributed by atoms with E-state index < -0.39 is 0 Å². The molecular formula is C20H23NO4. The Kier molecular flexibility index (Phi) is 3.96. The second kappa shape index (κ2) is 6.15. The molecule has 1 aliphatic carbocycles. The van der Waals surface area contributed by atoms with Gasteiger partial charge < -0.3 is 24.3 Å². The van der Waals surface area contributed by atoms with Crippen LogP contribution in [0.3, 0.4) is 0 Å².